The molecule has 0 aromatic heterocycles. The van der Waals surface area contributed by atoms with E-state index in [2.05, 4.69) is 5.32 Å². The van der Waals surface area contributed by atoms with E-state index >= 15 is 0 Å². The molecule has 0 saturated carbocycles. The van der Waals surface area contributed by atoms with Crippen molar-refractivity contribution in [1.82, 2.24) is 9.80 Å². The van der Waals surface area contributed by atoms with Crippen LogP contribution in [0.5, 0.6) is 0 Å². The quantitative estimate of drug-likeness (QED) is 0.890. The first-order chi connectivity index (χ1) is 12.0. The van der Waals surface area contributed by atoms with Crippen LogP contribution in [-0.4, -0.2) is 59.0 Å². The van der Waals surface area contributed by atoms with Gasteiger partial charge in [-0.25, -0.2) is 0 Å². The number of carbonyl (C=O) groups is 3. The third-order valence-corrected chi connectivity index (χ3v) is 5.80. The lowest BCUT2D eigenvalue weighted by Gasteiger charge is -2.34. The molecule has 0 radical (unpaired) electrons. The normalized spacial score (nSPS) is 20.1. The molecule has 1 N–H and O–H groups in total. The van der Waals surface area contributed by atoms with Gasteiger partial charge in [0.1, 0.15) is 0 Å². The Morgan fingerprint density at radius 1 is 1.16 bits per heavy atom. The number of hydrogen-bond acceptors (Lipinski definition) is 4. The molecule has 3 rings (SSSR count). The fraction of sp³-hybridized carbons (Fsp3) is 0.500. The first-order valence-electron chi connectivity index (χ1n) is 8.64. The molecule has 3 amide bonds. The number of nitrogens with one attached hydrogen (secondary N) is 1. The SMILES string of the molecule is CCC(=O)N1CCN(C(=O)Cc2ccc3c(c2)NC(=O)C(C)S3)CC1. The molecule has 2 aliphatic rings. The highest BCUT2D eigenvalue weighted by Crippen LogP contribution is 2.36. The molecule has 0 bridgehead atoms. The summed E-state index contributed by atoms with van der Waals surface area (Å²) in [6.45, 7) is 6.11. The van der Waals surface area contributed by atoms with Gasteiger partial charge in [0, 0.05) is 37.5 Å². The second-order valence-electron chi connectivity index (χ2n) is 6.37. The smallest absolute Gasteiger partial charge is 0.237 e. The molecule has 1 aromatic rings. The van der Waals surface area contributed by atoms with E-state index in [1.54, 1.807) is 0 Å². The maximum absolute atomic E-state index is 12.5. The Labute approximate surface area is 151 Å². The predicted molar refractivity (Wildman–Crippen MR) is 97.5 cm³/mol. The summed E-state index contributed by atoms with van der Waals surface area (Å²) in [6.07, 6.45) is 0.816. The zero-order chi connectivity index (χ0) is 18.0. The van der Waals surface area contributed by atoms with Gasteiger partial charge < -0.3 is 15.1 Å². The number of anilines is 1. The van der Waals surface area contributed by atoms with Gasteiger partial charge in [-0.05, 0) is 24.6 Å². The first-order valence-corrected chi connectivity index (χ1v) is 9.52. The molecule has 1 aromatic carbocycles. The van der Waals surface area contributed by atoms with E-state index in [0.29, 0.717) is 39.0 Å². The summed E-state index contributed by atoms with van der Waals surface area (Å²) in [4.78, 5) is 40.7. The van der Waals surface area contributed by atoms with Gasteiger partial charge in [-0.3, -0.25) is 14.4 Å². The molecule has 6 nitrogen and oxygen atoms in total. The van der Waals surface area contributed by atoms with Crippen molar-refractivity contribution in [3.63, 3.8) is 0 Å². The number of benzene rings is 1. The molecule has 1 saturated heterocycles. The summed E-state index contributed by atoms with van der Waals surface area (Å²) in [5.41, 5.74) is 1.68. The van der Waals surface area contributed by atoms with Crippen LogP contribution < -0.4 is 5.32 Å². The Hall–Kier alpha value is -2.02. The standard InChI is InChI=1S/C18H23N3O3S/c1-3-16(22)20-6-8-21(9-7-20)17(23)11-13-4-5-15-14(10-13)19-18(24)12(2)25-15/h4-5,10,12H,3,6-9,11H2,1-2H3,(H,19,24). The lowest BCUT2D eigenvalue weighted by Crippen LogP contribution is -2.50. The Bertz CT molecular complexity index is 699. The van der Waals surface area contributed by atoms with Crippen molar-refractivity contribution in [2.24, 2.45) is 0 Å². The van der Waals surface area contributed by atoms with Gasteiger partial charge in [0.05, 0.1) is 17.4 Å². The third-order valence-electron chi connectivity index (χ3n) is 4.62. The monoisotopic (exact) mass is 361 g/mol. The lowest BCUT2D eigenvalue weighted by molar-refractivity contribution is -0.139. The highest BCUT2D eigenvalue weighted by Gasteiger charge is 2.25. The van der Waals surface area contributed by atoms with Gasteiger partial charge in [0.25, 0.3) is 0 Å². The summed E-state index contributed by atoms with van der Waals surface area (Å²) in [5.74, 6) is 0.202. The molecule has 1 atom stereocenters. The molecule has 7 heteroatoms. The number of carbonyl (C=O) groups excluding carboxylic acids is 3. The molecule has 1 unspecified atom stereocenters. The van der Waals surface area contributed by atoms with E-state index in [1.807, 2.05) is 41.8 Å². The Balaban J connectivity index is 1.60. The summed E-state index contributed by atoms with van der Waals surface area (Å²) >= 11 is 1.54. The number of hydrogen-bond donors (Lipinski definition) is 1. The number of rotatable bonds is 3. The van der Waals surface area contributed by atoms with Crippen molar-refractivity contribution < 1.29 is 14.4 Å². The fourth-order valence-corrected chi connectivity index (χ4v) is 4.01. The van der Waals surface area contributed by atoms with Crippen molar-refractivity contribution in [2.75, 3.05) is 31.5 Å². The molecule has 0 aliphatic carbocycles. The van der Waals surface area contributed by atoms with Gasteiger partial charge in [0.15, 0.2) is 0 Å². The molecular formula is C18H23N3O3S. The predicted octanol–water partition coefficient (Wildman–Crippen LogP) is 1.74. The maximum atomic E-state index is 12.5. The minimum absolute atomic E-state index is 0.00214. The number of fused-ring (bicyclic) bond motifs is 1. The van der Waals surface area contributed by atoms with Gasteiger partial charge in [-0.15, -0.1) is 11.8 Å². The third kappa shape index (κ3) is 3.98. The number of thioether (sulfide) groups is 1. The highest BCUT2D eigenvalue weighted by molar-refractivity contribution is 8.00. The molecule has 0 spiro atoms. The molecular weight excluding hydrogens is 338 g/mol. The van der Waals surface area contributed by atoms with Crippen LogP contribution >= 0.6 is 11.8 Å². The highest BCUT2D eigenvalue weighted by atomic mass is 32.2. The second-order valence-corrected chi connectivity index (χ2v) is 7.75. The largest absolute Gasteiger partial charge is 0.339 e. The Kier molecular flexibility index (Phi) is 5.32. The molecule has 25 heavy (non-hydrogen) atoms. The maximum Gasteiger partial charge on any atom is 0.237 e. The zero-order valence-corrected chi connectivity index (χ0v) is 15.4. The van der Waals surface area contributed by atoms with Gasteiger partial charge in [0.2, 0.25) is 17.7 Å². The van der Waals surface area contributed by atoms with E-state index in [4.69, 9.17) is 0 Å². The minimum atomic E-state index is -0.0953. The molecule has 1 fully saturated rings. The first kappa shape index (κ1) is 17.8. The van der Waals surface area contributed by atoms with Crippen LogP contribution in [0.2, 0.25) is 0 Å². The molecule has 2 aliphatic heterocycles. The van der Waals surface area contributed by atoms with Crippen LogP contribution in [-0.2, 0) is 20.8 Å². The van der Waals surface area contributed by atoms with Crippen LogP contribution in [0.25, 0.3) is 0 Å². The minimum Gasteiger partial charge on any atom is -0.339 e. The average Bonchev–Trinajstić information content (AvgIpc) is 2.62. The number of amides is 3. The van der Waals surface area contributed by atoms with Crippen LogP contribution in [0.4, 0.5) is 5.69 Å². The van der Waals surface area contributed by atoms with Crippen molar-refractivity contribution >= 4 is 35.2 Å². The summed E-state index contributed by atoms with van der Waals surface area (Å²) in [5, 5.41) is 2.80. The fourth-order valence-electron chi connectivity index (χ4n) is 3.08. The van der Waals surface area contributed by atoms with Gasteiger partial charge in [-0.1, -0.05) is 13.0 Å². The number of piperazine rings is 1. The van der Waals surface area contributed by atoms with Gasteiger partial charge in [-0.2, -0.15) is 0 Å². The lowest BCUT2D eigenvalue weighted by atomic mass is 10.1. The van der Waals surface area contributed by atoms with Crippen LogP contribution in [0.1, 0.15) is 25.8 Å². The van der Waals surface area contributed by atoms with Crippen LogP contribution in [0.3, 0.4) is 0 Å². The van der Waals surface area contributed by atoms with Crippen molar-refractivity contribution in [2.45, 2.75) is 36.8 Å². The van der Waals surface area contributed by atoms with E-state index in [0.717, 1.165) is 16.1 Å². The van der Waals surface area contributed by atoms with E-state index < -0.39 is 0 Å². The zero-order valence-electron chi connectivity index (χ0n) is 14.6. The number of nitrogens with zero attached hydrogens (tertiary/aromatic N) is 2. The summed E-state index contributed by atoms with van der Waals surface area (Å²) < 4.78 is 0. The van der Waals surface area contributed by atoms with Gasteiger partial charge >= 0.3 is 0 Å². The van der Waals surface area contributed by atoms with E-state index in [1.165, 1.54) is 11.8 Å². The average molecular weight is 361 g/mol. The van der Waals surface area contributed by atoms with Crippen molar-refractivity contribution in [3.05, 3.63) is 23.8 Å². The molecule has 2 heterocycles. The molecule has 134 valence electrons. The Morgan fingerprint density at radius 2 is 1.80 bits per heavy atom. The summed E-state index contributed by atoms with van der Waals surface area (Å²) in [7, 11) is 0. The second kappa shape index (κ2) is 7.47. The van der Waals surface area contributed by atoms with E-state index in [-0.39, 0.29) is 23.0 Å². The van der Waals surface area contributed by atoms with Crippen LogP contribution in [0, 0.1) is 0 Å². The van der Waals surface area contributed by atoms with Crippen LogP contribution in [0.15, 0.2) is 23.1 Å². The topological polar surface area (TPSA) is 69.7 Å². The Morgan fingerprint density at radius 3 is 2.44 bits per heavy atom. The van der Waals surface area contributed by atoms with E-state index in [9.17, 15) is 14.4 Å². The van der Waals surface area contributed by atoms with Crippen molar-refractivity contribution in [1.29, 1.82) is 0 Å². The summed E-state index contributed by atoms with van der Waals surface area (Å²) in [6, 6.07) is 5.81. The van der Waals surface area contributed by atoms with Crippen molar-refractivity contribution in [3.8, 4) is 0 Å².